The molecule has 0 saturated heterocycles. The number of ether oxygens (including phenoxy) is 1. The molecular formula is C13H21N3O2. The molecule has 0 aromatic heterocycles. The van der Waals surface area contributed by atoms with Crippen molar-refractivity contribution in [3.05, 3.63) is 18.2 Å². The third-order valence-corrected chi connectivity index (χ3v) is 2.13. The molecule has 0 fully saturated rings. The van der Waals surface area contributed by atoms with Crippen LogP contribution in [0.1, 0.15) is 20.8 Å². The first kappa shape index (κ1) is 14.2. The van der Waals surface area contributed by atoms with Crippen LogP contribution in [0.4, 0.5) is 11.4 Å². The quantitative estimate of drug-likeness (QED) is 0.671. The molecule has 1 rings (SSSR count). The molecule has 0 aliphatic carbocycles. The van der Waals surface area contributed by atoms with Crippen LogP contribution >= 0.6 is 0 Å². The van der Waals surface area contributed by atoms with Crippen molar-refractivity contribution >= 4 is 17.3 Å². The van der Waals surface area contributed by atoms with E-state index in [1.54, 1.807) is 12.1 Å². The molecule has 0 atom stereocenters. The molecule has 0 heterocycles. The number of likely N-dealkylation sites (N-methyl/N-ethyl adjacent to an activating group) is 1. The number of rotatable bonds is 6. The summed E-state index contributed by atoms with van der Waals surface area (Å²) in [6.45, 7) is 6.63. The van der Waals surface area contributed by atoms with Gasteiger partial charge in [-0.3, -0.25) is 4.79 Å². The fourth-order valence-corrected chi connectivity index (χ4v) is 1.51. The van der Waals surface area contributed by atoms with Gasteiger partial charge in [-0.25, -0.2) is 0 Å². The van der Waals surface area contributed by atoms with E-state index in [4.69, 9.17) is 10.5 Å². The van der Waals surface area contributed by atoms with Crippen LogP contribution in [0, 0.1) is 0 Å². The van der Waals surface area contributed by atoms with Crippen molar-refractivity contribution < 1.29 is 9.53 Å². The van der Waals surface area contributed by atoms with Gasteiger partial charge in [0.25, 0.3) is 0 Å². The normalized spacial score (nSPS) is 10.2. The van der Waals surface area contributed by atoms with Gasteiger partial charge in [0.1, 0.15) is 5.75 Å². The van der Waals surface area contributed by atoms with Crippen molar-refractivity contribution in [3.63, 3.8) is 0 Å². The summed E-state index contributed by atoms with van der Waals surface area (Å²) < 4.78 is 5.57. The lowest BCUT2D eigenvalue weighted by Gasteiger charge is -2.13. The van der Waals surface area contributed by atoms with Gasteiger partial charge in [-0.05, 0) is 26.8 Å². The fraction of sp³-hybridized carbons (Fsp3) is 0.462. The fourth-order valence-electron chi connectivity index (χ4n) is 1.51. The second-order valence-corrected chi connectivity index (χ2v) is 4.26. The largest absolute Gasteiger partial charge is 0.491 e. The van der Waals surface area contributed by atoms with E-state index < -0.39 is 0 Å². The zero-order valence-corrected chi connectivity index (χ0v) is 11.1. The van der Waals surface area contributed by atoms with Gasteiger partial charge in [0.15, 0.2) is 0 Å². The molecule has 5 nitrogen and oxygen atoms in total. The highest BCUT2D eigenvalue weighted by atomic mass is 16.5. The Morgan fingerprint density at radius 1 is 1.39 bits per heavy atom. The topological polar surface area (TPSA) is 76.4 Å². The van der Waals surface area contributed by atoms with Crippen molar-refractivity contribution in [2.75, 3.05) is 24.1 Å². The number of amides is 1. The van der Waals surface area contributed by atoms with Crippen LogP contribution in [0.2, 0.25) is 0 Å². The summed E-state index contributed by atoms with van der Waals surface area (Å²) in [6.07, 6.45) is 0.0861. The Morgan fingerprint density at radius 2 is 2.11 bits per heavy atom. The van der Waals surface area contributed by atoms with E-state index in [2.05, 4.69) is 10.6 Å². The summed E-state index contributed by atoms with van der Waals surface area (Å²) in [5.74, 6) is 0.648. The van der Waals surface area contributed by atoms with Crippen LogP contribution in [0.5, 0.6) is 5.75 Å². The predicted octanol–water partition coefficient (Wildman–Crippen LogP) is 1.60. The van der Waals surface area contributed by atoms with Gasteiger partial charge < -0.3 is 21.1 Å². The summed E-state index contributed by atoms with van der Waals surface area (Å²) in [7, 11) is 0. The van der Waals surface area contributed by atoms with E-state index in [1.165, 1.54) is 0 Å². The molecule has 1 aromatic rings. The minimum Gasteiger partial charge on any atom is -0.491 e. The molecule has 0 saturated carbocycles. The number of carbonyl (C=O) groups is 1. The van der Waals surface area contributed by atoms with Crippen LogP contribution in [-0.4, -0.2) is 25.1 Å². The highest BCUT2D eigenvalue weighted by Gasteiger charge is 2.04. The van der Waals surface area contributed by atoms with Crippen LogP contribution in [0.15, 0.2) is 18.2 Å². The maximum Gasteiger partial charge on any atom is 0.239 e. The molecule has 1 aromatic carbocycles. The Hall–Kier alpha value is -1.91. The molecule has 0 spiro atoms. The summed E-state index contributed by atoms with van der Waals surface area (Å²) >= 11 is 0. The second kappa shape index (κ2) is 6.74. The number of benzene rings is 1. The van der Waals surface area contributed by atoms with E-state index in [-0.39, 0.29) is 18.6 Å². The first-order valence-corrected chi connectivity index (χ1v) is 6.09. The third-order valence-electron chi connectivity index (χ3n) is 2.13. The average molecular weight is 251 g/mol. The van der Waals surface area contributed by atoms with Crippen LogP contribution in [0.25, 0.3) is 0 Å². The highest BCUT2D eigenvalue weighted by Crippen LogP contribution is 2.23. The number of anilines is 2. The number of nitrogens with one attached hydrogen (secondary N) is 2. The van der Waals surface area contributed by atoms with Gasteiger partial charge in [-0.15, -0.1) is 0 Å². The van der Waals surface area contributed by atoms with Crippen molar-refractivity contribution in [2.45, 2.75) is 26.9 Å². The van der Waals surface area contributed by atoms with Gasteiger partial charge in [-0.2, -0.15) is 0 Å². The lowest BCUT2D eigenvalue weighted by Crippen LogP contribution is -2.29. The number of nitrogen functional groups attached to an aromatic ring is 1. The molecule has 0 unspecified atom stereocenters. The monoisotopic (exact) mass is 251 g/mol. The Morgan fingerprint density at radius 3 is 2.72 bits per heavy atom. The average Bonchev–Trinajstić information content (AvgIpc) is 2.25. The van der Waals surface area contributed by atoms with E-state index in [0.29, 0.717) is 18.0 Å². The molecule has 100 valence electrons. The minimum atomic E-state index is -0.0498. The van der Waals surface area contributed by atoms with Crippen molar-refractivity contribution in [2.24, 2.45) is 0 Å². The second-order valence-electron chi connectivity index (χ2n) is 4.26. The Labute approximate surface area is 108 Å². The maximum absolute atomic E-state index is 11.3. The van der Waals surface area contributed by atoms with E-state index in [1.807, 2.05) is 26.8 Å². The summed E-state index contributed by atoms with van der Waals surface area (Å²) in [5.41, 5.74) is 7.16. The molecular weight excluding hydrogens is 230 g/mol. The first-order valence-electron chi connectivity index (χ1n) is 6.09. The van der Waals surface area contributed by atoms with E-state index in [0.717, 1.165) is 5.69 Å². The highest BCUT2D eigenvalue weighted by molar-refractivity contribution is 5.81. The summed E-state index contributed by atoms with van der Waals surface area (Å²) in [4.78, 5) is 11.3. The van der Waals surface area contributed by atoms with Crippen LogP contribution < -0.4 is 21.1 Å². The Balaban J connectivity index is 2.65. The molecule has 5 heteroatoms. The van der Waals surface area contributed by atoms with Gasteiger partial charge in [0.05, 0.1) is 12.6 Å². The number of nitrogens with two attached hydrogens (primary N) is 1. The molecule has 18 heavy (non-hydrogen) atoms. The molecule has 0 aliphatic rings. The van der Waals surface area contributed by atoms with Gasteiger partial charge in [0.2, 0.25) is 5.91 Å². The van der Waals surface area contributed by atoms with Gasteiger partial charge in [-0.1, -0.05) is 0 Å². The molecule has 0 radical (unpaired) electrons. The lowest BCUT2D eigenvalue weighted by molar-refractivity contribution is -0.119. The molecule has 4 N–H and O–H groups in total. The maximum atomic E-state index is 11.3. The third kappa shape index (κ3) is 4.95. The molecule has 0 bridgehead atoms. The molecule has 1 amide bonds. The van der Waals surface area contributed by atoms with E-state index in [9.17, 15) is 4.79 Å². The van der Waals surface area contributed by atoms with Crippen molar-refractivity contribution in [1.29, 1.82) is 0 Å². The lowest BCUT2D eigenvalue weighted by atomic mass is 10.2. The first-order chi connectivity index (χ1) is 8.51. The summed E-state index contributed by atoms with van der Waals surface area (Å²) in [6, 6.07) is 5.36. The van der Waals surface area contributed by atoms with Gasteiger partial charge >= 0.3 is 0 Å². The molecule has 0 aliphatic heterocycles. The number of hydrogen-bond donors (Lipinski definition) is 3. The Bertz CT molecular complexity index is 405. The summed E-state index contributed by atoms with van der Waals surface area (Å²) in [5, 5.41) is 5.72. The van der Waals surface area contributed by atoms with E-state index >= 15 is 0 Å². The van der Waals surface area contributed by atoms with Gasteiger partial charge in [0, 0.05) is 30.1 Å². The smallest absolute Gasteiger partial charge is 0.239 e. The van der Waals surface area contributed by atoms with Crippen molar-refractivity contribution in [3.8, 4) is 5.75 Å². The zero-order valence-electron chi connectivity index (χ0n) is 11.1. The Kier molecular flexibility index (Phi) is 5.30. The van der Waals surface area contributed by atoms with Crippen LogP contribution in [-0.2, 0) is 4.79 Å². The van der Waals surface area contributed by atoms with Crippen molar-refractivity contribution in [1.82, 2.24) is 5.32 Å². The minimum absolute atomic E-state index is 0.0498. The predicted molar refractivity (Wildman–Crippen MR) is 73.8 cm³/mol. The number of hydrogen-bond acceptors (Lipinski definition) is 4. The number of carbonyl (C=O) groups excluding carboxylic acids is 1. The zero-order chi connectivity index (χ0) is 13.5. The SMILES string of the molecule is CCNC(=O)CNc1cc(N)cc(OC(C)C)c1. The standard InChI is InChI=1S/C13H21N3O2/c1-4-15-13(17)8-16-11-5-10(14)6-12(7-11)18-9(2)3/h5-7,9,16H,4,8,14H2,1-3H3,(H,15,17). The van der Waals surface area contributed by atoms with Crippen LogP contribution in [0.3, 0.4) is 0 Å².